The fourth-order valence-electron chi connectivity index (χ4n) is 3.22. The number of aliphatic hydroxyl groups is 1. The fraction of sp³-hybridized carbons (Fsp3) is 0.632. The molecule has 1 amide bonds. The van der Waals surface area contributed by atoms with Crippen LogP contribution in [0, 0.1) is 0 Å². The van der Waals surface area contributed by atoms with E-state index in [1.807, 2.05) is 44.3 Å². The first-order valence-corrected chi connectivity index (χ1v) is 8.74. The van der Waals surface area contributed by atoms with Crippen LogP contribution in [0.5, 0.6) is 0 Å². The molecule has 1 aromatic rings. The lowest BCUT2D eigenvalue weighted by atomic mass is 9.98. The standard InChI is InChI=1S/C19H30N2O2/c1-16(17-8-4-3-5-9-17)20-18(22)10-14-21(2)15-13-19(23)11-6-7-12-19/h3-5,8-9,16,23H,6-7,10-15H2,1-2H3,(H,20,22). The number of carbonyl (C=O) groups excluding carboxylic acids is 1. The SMILES string of the molecule is CC(NC(=O)CCN(C)CCC1(O)CCCC1)c1ccccc1. The first-order chi connectivity index (χ1) is 11.0. The summed E-state index contributed by atoms with van der Waals surface area (Å²) >= 11 is 0. The van der Waals surface area contributed by atoms with Gasteiger partial charge in [-0.3, -0.25) is 4.79 Å². The molecule has 0 bridgehead atoms. The molecule has 2 rings (SSSR count). The van der Waals surface area contributed by atoms with Crippen molar-refractivity contribution in [2.75, 3.05) is 20.1 Å². The third kappa shape index (κ3) is 5.96. The monoisotopic (exact) mass is 318 g/mol. The Labute approximate surface area is 139 Å². The van der Waals surface area contributed by atoms with E-state index in [1.165, 1.54) is 0 Å². The Morgan fingerprint density at radius 2 is 1.91 bits per heavy atom. The zero-order valence-electron chi connectivity index (χ0n) is 14.4. The number of rotatable bonds is 8. The van der Waals surface area contributed by atoms with Crippen LogP contribution < -0.4 is 5.32 Å². The molecule has 4 heteroatoms. The first-order valence-electron chi connectivity index (χ1n) is 8.74. The normalized spacial score (nSPS) is 18.1. The number of nitrogens with zero attached hydrogens (tertiary/aromatic N) is 1. The van der Waals surface area contributed by atoms with Crippen LogP contribution in [-0.4, -0.2) is 41.7 Å². The van der Waals surface area contributed by atoms with Crippen LogP contribution in [0.25, 0.3) is 0 Å². The van der Waals surface area contributed by atoms with Gasteiger partial charge in [0.05, 0.1) is 11.6 Å². The minimum atomic E-state index is -0.460. The molecule has 1 fully saturated rings. The Hall–Kier alpha value is -1.39. The van der Waals surface area contributed by atoms with Crippen molar-refractivity contribution in [1.82, 2.24) is 10.2 Å². The molecule has 0 spiro atoms. The van der Waals surface area contributed by atoms with Crippen LogP contribution in [0.4, 0.5) is 0 Å². The molecule has 0 aliphatic heterocycles. The molecule has 1 aromatic carbocycles. The lowest BCUT2D eigenvalue weighted by Crippen LogP contribution is -2.34. The second kappa shape index (κ2) is 8.46. The third-order valence-corrected chi connectivity index (χ3v) is 4.89. The lowest BCUT2D eigenvalue weighted by molar-refractivity contribution is -0.122. The molecule has 0 radical (unpaired) electrons. The van der Waals surface area contributed by atoms with E-state index in [9.17, 15) is 9.90 Å². The van der Waals surface area contributed by atoms with Gasteiger partial charge in [-0.1, -0.05) is 43.2 Å². The van der Waals surface area contributed by atoms with Gasteiger partial charge in [-0.15, -0.1) is 0 Å². The van der Waals surface area contributed by atoms with Crippen molar-refractivity contribution in [3.8, 4) is 0 Å². The van der Waals surface area contributed by atoms with E-state index in [0.29, 0.717) is 6.42 Å². The zero-order chi connectivity index (χ0) is 16.7. The number of carbonyl (C=O) groups is 1. The van der Waals surface area contributed by atoms with Crippen molar-refractivity contribution in [3.05, 3.63) is 35.9 Å². The highest BCUT2D eigenvalue weighted by atomic mass is 16.3. The summed E-state index contributed by atoms with van der Waals surface area (Å²) in [5.74, 6) is 0.0766. The van der Waals surface area contributed by atoms with E-state index in [0.717, 1.165) is 50.8 Å². The van der Waals surface area contributed by atoms with Gasteiger partial charge in [0.2, 0.25) is 5.91 Å². The summed E-state index contributed by atoms with van der Waals surface area (Å²) in [7, 11) is 2.02. The average Bonchev–Trinajstić information content (AvgIpc) is 2.99. The van der Waals surface area contributed by atoms with Gasteiger partial charge in [0.1, 0.15) is 0 Å². The molecular formula is C19H30N2O2. The first kappa shape index (κ1) is 18.0. The Kier molecular flexibility index (Phi) is 6.60. The van der Waals surface area contributed by atoms with Crippen molar-refractivity contribution in [2.24, 2.45) is 0 Å². The van der Waals surface area contributed by atoms with Gasteiger partial charge < -0.3 is 15.3 Å². The number of nitrogens with one attached hydrogen (secondary N) is 1. The van der Waals surface area contributed by atoms with Crippen molar-refractivity contribution < 1.29 is 9.90 Å². The van der Waals surface area contributed by atoms with Crippen molar-refractivity contribution in [3.63, 3.8) is 0 Å². The van der Waals surface area contributed by atoms with Gasteiger partial charge in [-0.25, -0.2) is 0 Å². The predicted molar refractivity (Wildman–Crippen MR) is 93.1 cm³/mol. The van der Waals surface area contributed by atoms with Crippen molar-refractivity contribution >= 4 is 5.91 Å². The maximum Gasteiger partial charge on any atom is 0.221 e. The maximum absolute atomic E-state index is 12.1. The van der Waals surface area contributed by atoms with Crippen LogP contribution >= 0.6 is 0 Å². The molecule has 0 heterocycles. The molecule has 1 saturated carbocycles. The van der Waals surface area contributed by atoms with Crippen LogP contribution in [0.3, 0.4) is 0 Å². The van der Waals surface area contributed by atoms with Gasteiger partial charge >= 0.3 is 0 Å². The summed E-state index contributed by atoms with van der Waals surface area (Å²) in [6, 6.07) is 10.0. The molecule has 128 valence electrons. The van der Waals surface area contributed by atoms with Crippen molar-refractivity contribution in [1.29, 1.82) is 0 Å². The van der Waals surface area contributed by atoms with E-state index in [4.69, 9.17) is 0 Å². The van der Waals surface area contributed by atoms with Crippen molar-refractivity contribution in [2.45, 2.75) is 57.1 Å². The average molecular weight is 318 g/mol. The van der Waals surface area contributed by atoms with Gasteiger partial charge in [-0.05, 0) is 38.8 Å². The summed E-state index contributed by atoms with van der Waals surface area (Å²) in [5.41, 5.74) is 0.663. The molecule has 23 heavy (non-hydrogen) atoms. The molecule has 1 aliphatic rings. The topological polar surface area (TPSA) is 52.6 Å². The minimum absolute atomic E-state index is 0.0354. The van der Waals surface area contributed by atoms with Crippen LogP contribution in [0.2, 0.25) is 0 Å². The Balaban J connectivity index is 1.65. The fourth-order valence-corrected chi connectivity index (χ4v) is 3.22. The van der Waals surface area contributed by atoms with Gasteiger partial charge in [0.25, 0.3) is 0 Å². The molecular weight excluding hydrogens is 288 g/mol. The van der Waals surface area contributed by atoms with Crippen LogP contribution in [0.1, 0.15) is 57.1 Å². The number of hydrogen-bond acceptors (Lipinski definition) is 3. The minimum Gasteiger partial charge on any atom is -0.390 e. The zero-order valence-corrected chi connectivity index (χ0v) is 14.4. The predicted octanol–water partition coefficient (Wildman–Crippen LogP) is 2.88. The van der Waals surface area contributed by atoms with E-state index in [1.54, 1.807) is 0 Å². The Morgan fingerprint density at radius 1 is 1.26 bits per heavy atom. The molecule has 0 saturated heterocycles. The summed E-state index contributed by atoms with van der Waals surface area (Å²) in [6.07, 6.45) is 5.43. The quantitative estimate of drug-likeness (QED) is 0.775. The van der Waals surface area contributed by atoms with E-state index in [2.05, 4.69) is 10.2 Å². The van der Waals surface area contributed by atoms with Crippen LogP contribution in [0.15, 0.2) is 30.3 Å². The van der Waals surface area contributed by atoms with Crippen LogP contribution in [-0.2, 0) is 4.79 Å². The van der Waals surface area contributed by atoms with E-state index < -0.39 is 5.60 Å². The molecule has 0 aromatic heterocycles. The maximum atomic E-state index is 12.1. The van der Waals surface area contributed by atoms with Gasteiger partial charge in [-0.2, -0.15) is 0 Å². The highest BCUT2D eigenvalue weighted by molar-refractivity contribution is 5.76. The van der Waals surface area contributed by atoms with E-state index >= 15 is 0 Å². The smallest absolute Gasteiger partial charge is 0.221 e. The lowest BCUT2D eigenvalue weighted by Gasteiger charge is -2.25. The third-order valence-electron chi connectivity index (χ3n) is 4.89. The summed E-state index contributed by atoms with van der Waals surface area (Å²) < 4.78 is 0. The van der Waals surface area contributed by atoms with Gasteiger partial charge in [0.15, 0.2) is 0 Å². The second-order valence-electron chi connectivity index (χ2n) is 6.93. The summed E-state index contributed by atoms with van der Waals surface area (Å²) in [5, 5.41) is 13.4. The molecule has 2 N–H and O–H groups in total. The largest absolute Gasteiger partial charge is 0.390 e. The number of benzene rings is 1. The second-order valence-corrected chi connectivity index (χ2v) is 6.93. The van der Waals surface area contributed by atoms with E-state index in [-0.39, 0.29) is 11.9 Å². The molecule has 4 nitrogen and oxygen atoms in total. The molecule has 1 aliphatic carbocycles. The molecule has 1 unspecified atom stereocenters. The number of hydrogen-bond donors (Lipinski definition) is 2. The highest BCUT2D eigenvalue weighted by Crippen LogP contribution is 2.32. The highest BCUT2D eigenvalue weighted by Gasteiger charge is 2.30. The number of amides is 1. The summed E-state index contributed by atoms with van der Waals surface area (Å²) in [4.78, 5) is 14.2. The Bertz CT molecular complexity index is 483. The molecule has 1 atom stereocenters. The van der Waals surface area contributed by atoms with Gasteiger partial charge in [0, 0.05) is 19.5 Å². The summed E-state index contributed by atoms with van der Waals surface area (Å²) in [6.45, 7) is 3.58. The Morgan fingerprint density at radius 3 is 2.57 bits per heavy atom.